The molecule has 0 radical (unpaired) electrons. The first kappa shape index (κ1) is 18.4. The predicted octanol–water partition coefficient (Wildman–Crippen LogP) is 3.56. The number of rotatable bonds is 3. The minimum atomic E-state index is -0.844. The number of benzene rings is 2. The van der Waals surface area contributed by atoms with Crippen LogP contribution in [0.1, 0.15) is 34.3 Å². The molecule has 2 aliphatic heterocycles. The highest BCUT2D eigenvalue weighted by molar-refractivity contribution is 8.00. The summed E-state index contributed by atoms with van der Waals surface area (Å²) in [5.41, 5.74) is 3.05. The van der Waals surface area contributed by atoms with E-state index in [0.717, 1.165) is 36.3 Å². The summed E-state index contributed by atoms with van der Waals surface area (Å²) in [6, 6.07) is 12.0. The summed E-state index contributed by atoms with van der Waals surface area (Å²) in [6.45, 7) is 1.41. The molecule has 1 saturated heterocycles. The molecule has 27 heavy (non-hydrogen) atoms. The summed E-state index contributed by atoms with van der Waals surface area (Å²) < 4.78 is 27.0. The van der Waals surface area contributed by atoms with Crippen molar-refractivity contribution in [2.24, 2.45) is 0 Å². The first-order chi connectivity index (χ1) is 13.1. The maximum absolute atomic E-state index is 13.7. The Kier molecular flexibility index (Phi) is 5.45. The summed E-state index contributed by atoms with van der Waals surface area (Å²) in [4.78, 5) is 13.0. The van der Waals surface area contributed by atoms with Crippen LogP contribution in [0, 0.1) is 11.6 Å². The molecule has 6 heteroatoms. The van der Waals surface area contributed by atoms with Crippen LogP contribution in [-0.4, -0.2) is 30.8 Å². The Morgan fingerprint density at radius 1 is 1.15 bits per heavy atom. The standard InChI is InChI=1S/C21H22F2N2OS/c22-17-6-5-14(11-18(17)23)15-7-9-24-12-19(15)25-21(26)20-16-4-2-1-3-13(16)8-10-27-20/h1-6,11,15,19-20,24H,7-10,12H2,(H,25,26). The van der Waals surface area contributed by atoms with Crippen LogP contribution in [0.15, 0.2) is 42.5 Å². The third-order valence-corrected chi connectivity index (χ3v) is 6.65. The van der Waals surface area contributed by atoms with Gasteiger partial charge in [0.1, 0.15) is 5.25 Å². The molecule has 4 rings (SSSR count). The molecular formula is C21H22F2N2OS. The smallest absolute Gasteiger partial charge is 0.237 e. The second-order valence-corrected chi connectivity index (χ2v) is 8.30. The fourth-order valence-corrected chi connectivity index (χ4v) is 5.22. The highest BCUT2D eigenvalue weighted by Crippen LogP contribution is 2.37. The van der Waals surface area contributed by atoms with Crippen LogP contribution < -0.4 is 10.6 Å². The summed E-state index contributed by atoms with van der Waals surface area (Å²) in [5, 5.41) is 6.25. The van der Waals surface area contributed by atoms with Crippen molar-refractivity contribution in [1.82, 2.24) is 10.6 Å². The van der Waals surface area contributed by atoms with Crippen molar-refractivity contribution in [3.8, 4) is 0 Å². The van der Waals surface area contributed by atoms with Crippen molar-refractivity contribution in [2.75, 3.05) is 18.8 Å². The summed E-state index contributed by atoms with van der Waals surface area (Å²) in [7, 11) is 0. The normalized spacial score (nSPS) is 24.9. The first-order valence-electron chi connectivity index (χ1n) is 9.29. The number of carbonyl (C=O) groups is 1. The molecule has 0 aliphatic carbocycles. The van der Waals surface area contributed by atoms with Crippen LogP contribution in [0.5, 0.6) is 0 Å². The van der Waals surface area contributed by atoms with Crippen molar-refractivity contribution < 1.29 is 13.6 Å². The third kappa shape index (κ3) is 3.87. The van der Waals surface area contributed by atoms with Crippen LogP contribution in [0.25, 0.3) is 0 Å². The molecule has 0 spiro atoms. The number of hydrogen-bond donors (Lipinski definition) is 2. The highest BCUT2D eigenvalue weighted by Gasteiger charge is 2.32. The topological polar surface area (TPSA) is 41.1 Å². The van der Waals surface area contributed by atoms with E-state index in [2.05, 4.69) is 16.7 Å². The fourth-order valence-electron chi connectivity index (χ4n) is 4.02. The Bertz CT molecular complexity index is 845. The van der Waals surface area contributed by atoms with E-state index in [1.807, 2.05) is 18.2 Å². The minimum Gasteiger partial charge on any atom is -0.350 e. The van der Waals surface area contributed by atoms with Crippen LogP contribution in [0.2, 0.25) is 0 Å². The number of piperidine rings is 1. The molecule has 2 aromatic rings. The molecule has 142 valence electrons. The van der Waals surface area contributed by atoms with Crippen molar-refractivity contribution in [1.29, 1.82) is 0 Å². The molecule has 3 nitrogen and oxygen atoms in total. The lowest BCUT2D eigenvalue weighted by atomic mass is 9.85. The summed E-state index contributed by atoms with van der Waals surface area (Å²) >= 11 is 1.66. The number of carbonyl (C=O) groups excluding carboxylic acids is 1. The average molecular weight is 388 g/mol. The number of amides is 1. The van der Waals surface area contributed by atoms with E-state index in [1.54, 1.807) is 17.8 Å². The van der Waals surface area contributed by atoms with E-state index in [1.165, 1.54) is 17.7 Å². The molecule has 0 bridgehead atoms. The van der Waals surface area contributed by atoms with Gasteiger partial charge in [-0.2, -0.15) is 0 Å². The lowest BCUT2D eigenvalue weighted by Gasteiger charge is -2.35. The summed E-state index contributed by atoms with van der Waals surface area (Å²) in [5.74, 6) is -0.802. The van der Waals surface area contributed by atoms with E-state index in [9.17, 15) is 13.6 Å². The van der Waals surface area contributed by atoms with Gasteiger partial charge in [0, 0.05) is 18.5 Å². The Balaban J connectivity index is 1.53. The molecule has 1 amide bonds. The highest BCUT2D eigenvalue weighted by atomic mass is 32.2. The van der Waals surface area contributed by atoms with Gasteiger partial charge < -0.3 is 10.6 Å². The Hall–Kier alpha value is -1.92. The van der Waals surface area contributed by atoms with Gasteiger partial charge >= 0.3 is 0 Å². The molecule has 1 fully saturated rings. The van der Waals surface area contributed by atoms with Gasteiger partial charge in [0.15, 0.2) is 11.6 Å². The Morgan fingerprint density at radius 2 is 2.00 bits per heavy atom. The van der Waals surface area contributed by atoms with E-state index in [0.29, 0.717) is 6.54 Å². The first-order valence-corrected chi connectivity index (χ1v) is 10.3. The van der Waals surface area contributed by atoms with Gasteiger partial charge in [-0.3, -0.25) is 4.79 Å². The number of hydrogen-bond acceptors (Lipinski definition) is 3. The van der Waals surface area contributed by atoms with Crippen molar-refractivity contribution >= 4 is 17.7 Å². The van der Waals surface area contributed by atoms with E-state index < -0.39 is 11.6 Å². The number of fused-ring (bicyclic) bond motifs is 1. The van der Waals surface area contributed by atoms with Gasteiger partial charge in [-0.1, -0.05) is 30.3 Å². The molecule has 3 atom stereocenters. The molecule has 0 aromatic heterocycles. The quantitative estimate of drug-likeness (QED) is 0.845. The van der Waals surface area contributed by atoms with Gasteiger partial charge in [-0.05, 0) is 54.0 Å². The van der Waals surface area contributed by atoms with Gasteiger partial charge in [-0.15, -0.1) is 11.8 Å². The molecule has 2 aliphatic rings. The fraction of sp³-hybridized carbons (Fsp3) is 0.381. The van der Waals surface area contributed by atoms with Crippen molar-refractivity contribution in [3.63, 3.8) is 0 Å². The monoisotopic (exact) mass is 388 g/mol. The van der Waals surface area contributed by atoms with Gasteiger partial charge in [0.2, 0.25) is 5.91 Å². The lowest BCUT2D eigenvalue weighted by Crippen LogP contribution is -2.51. The zero-order valence-electron chi connectivity index (χ0n) is 14.9. The third-order valence-electron chi connectivity index (χ3n) is 5.41. The average Bonchev–Trinajstić information content (AvgIpc) is 2.70. The number of halogens is 2. The van der Waals surface area contributed by atoms with Crippen LogP contribution in [0.4, 0.5) is 8.78 Å². The molecule has 2 aromatic carbocycles. The molecule has 3 unspecified atom stereocenters. The number of aryl methyl sites for hydroxylation is 1. The zero-order valence-corrected chi connectivity index (χ0v) is 15.7. The maximum atomic E-state index is 13.7. The second kappa shape index (κ2) is 7.98. The van der Waals surface area contributed by atoms with Gasteiger partial charge in [0.05, 0.1) is 0 Å². The van der Waals surface area contributed by atoms with Gasteiger partial charge in [0.25, 0.3) is 0 Å². The molecule has 0 saturated carbocycles. The Labute approximate surface area is 161 Å². The number of nitrogens with one attached hydrogen (secondary N) is 2. The Morgan fingerprint density at radius 3 is 2.85 bits per heavy atom. The zero-order chi connectivity index (χ0) is 18.8. The van der Waals surface area contributed by atoms with Crippen molar-refractivity contribution in [3.05, 3.63) is 70.8 Å². The summed E-state index contributed by atoms with van der Waals surface area (Å²) in [6.07, 6.45) is 1.75. The molecule has 2 N–H and O–H groups in total. The number of thioether (sulfide) groups is 1. The molecule has 2 heterocycles. The van der Waals surface area contributed by atoms with E-state index in [-0.39, 0.29) is 23.1 Å². The van der Waals surface area contributed by atoms with E-state index in [4.69, 9.17) is 0 Å². The maximum Gasteiger partial charge on any atom is 0.237 e. The van der Waals surface area contributed by atoms with Gasteiger partial charge in [-0.25, -0.2) is 8.78 Å². The SMILES string of the molecule is O=C(NC1CNCCC1c1ccc(F)c(F)c1)C1SCCc2ccccc21. The minimum absolute atomic E-state index is 0.00608. The molecular weight excluding hydrogens is 366 g/mol. The van der Waals surface area contributed by atoms with Crippen molar-refractivity contribution in [2.45, 2.75) is 30.1 Å². The van der Waals surface area contributed by atoms with Crippen LogP contribution >= 0.6 is 11.8 Å². The predicted molar refractivity (Wildman–Crippen MR) is 104 cm³/mol. The largest absolute Gasteiger partial charge is 0.350 e. The van der Waals surface area contributed by atoms with Crippen LogP contribution in [-0.2, 0) is 11.2 Å². The van der Waals surface area contributed by atoms with E-state index >= 15 is 0 Å². The van der Waals surface area contributed by atoms with Crippen LogP contribution in [0.3, 0.4) is 0 Å². The second-order valence-electron chi connectivity index (χ2n) is 7.09. The lowest BCUT2D eigenvalue weighted by molar-refractivity contribution is -0.121.